The number of aryl methyl sites for hydroxylation is 1. The molecule has 1 heterocycles. The number of sulfonamides is 1. The van der Waals surface area contributed by atoms with Crippen molar-refractivity contribution in [3.63, 3.8) is 0 Å². The summed E-state index contributed by atoms with van der Waals surface area (Å²) in [7, 11) is -2.45. The van der Waals surface area contributed by atoms with Crippen LogP contribution in [0, 0.1) is 12.7 Å². The summed E-state index contributed by atoms with van der Waals surface area (Å²) in [6, 6.07) is 11.0. The summed E-state index contributed by atoms with van der Waals surface area (Å²) in [5.41, 5.74) is -0.725. The van der Waals surface area contributed by atoms with Gasteiger partial charge in [0.1, 0.15) is 17.3 Å². The van der Waals surface area contributed by atoms with Crippen LogP contribution in [0.4, 0.5) is 10.1 Å². The van der Waals surface area contributed by atoms with E-state index >= 15 is 0 Å². The minimum Gasteiger partial charge on any atom is -0.495 e. The van der Waals surface area contributed by atoms with Crippen LogP contribution in [0.3, 0.4) is 0 Å². The fourth-order valence-electron chi connectivity index (χ4n) is 3.41. The smallest absolute Gasteiger partial charge is 0.280 e. The summed E-state index contributed by atoms with van der Waals surface area (Å²) >= 11 is 0. The molecule has 0 spiro atoms. The Labute approximate surface area is 196 Å². The number of carbonyl (C=O) groups excluding carboxylic acids is 1. The van der Waals surface area contributed by atoms with E-state index in [0.29, 0.717) is 5.69 Å². The average molecular weight is 489 g/mol. The van der Waals surface area contributed by atoms with Crippen molar-refractivity contribution in [2.24, 2.45) is 0 Å². The van der Waals surface area contributed by atoms with E-state index in [0.717, 1.165) is 4.68 Å². The number of benzene rings is 2. The Morgan fingerprint density at radius 1 is 1.15 bits per heavy atom. The van der Waals surface area contributed by atoms with Gasteiger partial charge in [0.15, 0.2) is 5.69 Å². The summed E-state index contributed by atoms with van der Waals surface area (Å²) in [5, 5.41) is 6.57. The first kappa shape index (κ1) is 25.1. The van der Waals surface area contributed by atoms with Gasteiger partial charge in [-0.2, -0.15) is 9.40 Å². The van der Waals surface area contributed by atoms with Crippen LogP contribution >= 0.6 is 0 Å². The molecule has 0 radical (unpaired) electrons. The number of amides is 1. The summed E-state index contributed by atoms with van der Waals surface area (Å²) in [6.07, 6.45) is 0. The number of hydrogen-bond donors (Lipinski definition) is 1. The average Bonchev–Trinajstić information content (AvgIpc) is 2.80. The first-order valence-corrected chi connectivity index (χ1v) is 11.9. The molecule has 11 heteroatoms. The van der Waals surface area contributed by atoms with Gasteiger partial charge in [0.2, 0.25) is 15.5 Å². The van der Waals surface area contributed by atoms with Gasteiger partial charge < -0.3 is 10.1 Å². The molecule has 9 nitrogen and oxygen atoms in total. The van der Waals surface area contributed by atoms with Crippen LogP contribution in [-0.2, 0) is 10.0 Å². The van der Waals surface area contributed by atoms with Gasteiger partial charge in [0.05, 0.1) is 17.7 Å². The van der Waals surface area contributed by atoms with E-state index in [1.807, 2.05) is 0 Å². The highest BCUT2D eigenvalue weighted by molar-refractivity contribution is 7.89. The van der Waals surface area contributed by atoms with E-state index in [9.17, 15) is 22.4 Å². The third-order valence-corrected chi connectivity index (χ3v) is 7.21. The van der Waals surface area contributed by atoms with Crippen LogP contribution in [0.2, 0.25) is 0 Å². The Morgan fingerprint density at radius 3 is 2.44 bits per heavy atom. The molecule has 0 fully saturated rings. The summed E-state index contributed by atoms with van der Waals surface area (Å²) in [6.45, 7) is 5.55. The topological polar surface area (TPSA) is 111 Å². The lowest BCUT2D eigenvalue weighted by Crippen LogP contribution is -2.31. The Hall–Kier alpha value is -3.57. The molecule has 180 valence electrons. The van der Waals surface area contributed by atoms with E-state index in [-0.39, 0.29) is 35.1 Å². The van der Waals surface area contributed by atoms with Crippen molar-refractivity contribution in [1.29, 1.82) is 0 Å². The molecule has 34 heavy (non-hydrogen) atoms. The van der Waals surface area contributed by atoms with Crippen LogP contribution in [0.25, 0.3) is 5.69 Å². The minimum absolute atomic E-state index is 0.0416. The lowest BCUT2D eigenvalue weighted by molar-refractivity contribution is 0.101. The maximum atomic E-state index is 14.3. The number of anilines is 1. The predicted octanol–water partition coefficient (Wildman–Crippen LogP) is 2.97. The van der Waals surface area contributed by atoms with Gasteiger partial charge in [-0.3, -0.25) is 9.59 Å². The summed E-state index contributed by atoms with van der Waals surface area (Å²) in [4.78, 5) is 25.5. The van der Waals surface area contributed by atoms with E-state index < -0.39 is 32.9 Å². The highest BCUT2D eigenvalue weighted by Crippen LogP contribution is 2.29. The summed E-state index contributed by atoms with van der Waals surface area (Å²) < 4.78 is 47.8. The Bertz CT molecular complexity index is 1380. The molecule has 2 aromatic carbocycles. The highest BCUT2D eigenvalue weighted by atomic mass is 32.2. The second-order valence-electron chi connectivity index (χ2n) is 7.27. The molecule has 3 aromatic rings. The zero-order valence-electron chi connectivity index (χ0n) is 19.2. The van der Waals surface area contributed by atoms with Gasteiger partial charge in [-0.25, -0.2) is 17.5 Å². The molecule has 0 aliphatic heterocycles. The molecule has 0 bridgehead atoms. The zero-order chi connectivity index (χ0) is 25.0. The lowest BCUT2D eigenvalue weighted by atomic mass is 10.2. The molecule has 0 unspecified atom stereocenters. The van der Waals surface area contributed by atoms with Gasteiger partial charge in [0, 0.05) is 24.8 Å². The number of halogens is 1. The van der Waals surface area contributed by atoms with Gasteiger partial charge in [0.25, 0.3) is 5.91 Å². The second kappa shape index (κ2) is 10.1. The largest absolute Gasteiger partial charge is 0.495 e. The quantitative estimate of drug-likeness (QED) is 0.522. The fraction of sp³-hybridized carbons (Fsp3) is 0.261. The zero-order valence-corrected chi connectivity index (χ0v) is 20.0. The number of nitrogens with one attached hydrogen (secondary N) is 1. The van der Waals surface area contributed by atoms with E-state index in [2.05, 4.69) is 10.4 Å². The number of carbonyl (C=O) groups is 1. The van der Waals surface area contributed by atoms with Crippen LogP contribution < -0.4 is 15.5 Å². The molecule has 0 saturated carbocycles. The second-order valence-corrected chi connectivity index (χ2v) is 9.21. The third kappa shape index (κ3) is 4.85. The normalized spacial score (nSPS) is 11.5. The van der Waals surface area contributed by atoms with E-state index in [1.54, 1.807) is 26.8 Å². The summed E-state index contributed by atoms with van der Waals surface area (Å²) in [5.74, 6) is -1.29. The molecule has 0 aliphatic rings. The molecule has 0 aliphatic carbocycles. The van der Waals surface area contributed by atoms with Crippen LogP contribution in [0.1, 0.15) is 30.0 Å². The molecular formula is C23H25FN4O5S. The number of aromatic nitrogens is 2. The number of hydrogen-bond acceptors (Lipinski definition) is 6. The molecular weight excluding hydrogens is 463 g/mol. The first-order chi connectivity index (χ1) is 16.1. The molecule has 1 amide bonds. The number of rotatable bonds is 8. The van der Waals surface area contributed by atoms with Crippen molar-refractivity contribution in [2.75, 3.05) is 25.5 Å². The Kier molecular flexibility index (Phi) is 7.48. The first-order valence-electron chi connectivity index (χ1n) is 10.5. The van der Waals surface area contributed by atoms with Crippen molar-refractivity contribution in [2.45, 2.75) is 25.7 Å². The Balaban J connectivity index is 2.04. The lowest BCUT2D eigenvalue weighted by Gasteiger charge is -2.19. The third-order valence-electron chi connectivity index (χ3n) is 5.17. The van der Waals surface area contributed by atoms with Crippen molar-refractivity contribution >= 4 is 21.6 Å². The molecule has 1 N–H and O–H groups in total. The van der Waals surface area contributed by atoms with Crippen LogP contribution in [-0.4, -0.2) is 48.6 Å². The number of methoxy groups -OCH3 is 1. The number of ether oxygens (including phenoxy) is 1. The molecule has 1 aromatic heterocycles. The molecule has 0 saturated heterocycles. The van der Waals surface area contributed by atoms with Gasteiger partial charge >= 0.3 is 0 Å². The van der Waals surface area contributed by atoms with Crippen LogP contribution in [0.15, 0.2) is 58.2 Å². The monoisotopic (exact) mass is 488 g/mol. The van der Waals surface area contributed by atoms with Crippen molar-refractivity contribution < 1.29 is 22.3 Å². The maximum Gasteiger partial charge on any atom is 0.280 e. The van der Waals surface area contributed by atoms with E-state index in [1.165, 1.54) is 53.9 Å². The van der Waals surface area contributed by atoms with Crippen molar-refractivity contribution in [1.82, 2.24) is 14.1 Å². The minimum atomic E-state index is -3.81. The van der Waals surface area contributed by atoms with Crippen molar-refractivity contribution in [3.05, 3.63) is 76.0 Å². The van der Waals surface area contributed by atoms with Gasteiger partial charge in [-0.15, -0.1) is 0 Å². The fourth-order valence-corrected chi connectivity index (χ4v) is 4.90. The number of para-hydroxylation sites is 1. The molecule has 0 atom stereocenters. The number of nitrogens with zero attached hydrogens (tertiary/aromatic N) is 3. The Morgan fingerprint density at radius 2 is 1.82 bits per heavy atom. The van der Waals surface area contributed by atoms with Crippen molar-refractivity contribution in [3.8, 4) is 11.4 Å². The maximum absolute atomic E-state index is 14.3. The highest BCUT2D eigenvalue weighted by Gasteiger charge is 2.24. The van der Waals surface area contributed by atoms with Crippen LogP contribution in [0.5, 0.6) is 5.75 Å². The van der Waals surface area contributed by atoms with Gasteiger partial charge in [-0.05, 0) is 37.3 Å². The standard InChI is InChI=1S/C23H25FN4O5S/c1-5-27(6-2)34(31,32)16-11-12-21(33-4)18(14-16)25-23(30)22-20(29)13-15(3)28(26-22)19-10-8-7-9-17(19)24/h7-14H,5-6H2,1-4H3,(H,25,30). The predicted molar refractivity (Wildman–Crippen MR) is 126 cm³/mol. The van der Waals surface area contributed by atoms with E-state index in [4.69, 9.17) is 4.74 Å². The molecule has 3 rings (SSSR count). The SMILES string of the molecule is CCN(CC)S(=O)(=O)c1ccc(OC)c(NC(=O)c2nn(-c3ccccc3F)c(C)cc2=O)c1. The van der Waals surface area contributed by atoms with Gasteiger partial charge in [-0.1, -0.05) is 26.0 Å².